The number of nitrogens with zero attached hydrogens (tertiary/aromatic N) is 8. The van der Waals surface area contributed by atoms with Crippen molar-refractivity contribution in [1.29, 1.82) is 0 Å². The van der Waals surface area contributed by atoms with Gasteiger partial charge in [-0.2, -0.15) is 0 Å². The third-order valence-corrected chi connectivity index (χ3v) is 25.0. The quantitative estimate of drug-likeness (QED) is 0.0160. The lowest BCUT2D eigenvalue weighted by molar-refractivity contribution is -0.119. The Balaban J connectivity index is 0.000000179. The molecule has 9 aromatic rings. The van der Waals surface area contributed by atoms with Gasteiger partial charge in [0.2, 0.25) is 17.7 Å². The fraction of sp³-hybridized carbons (Fsp3) is 0.286. The number of aliphatic hydroxyl groups is 1. The minimum absolute atomic E-state index is 0.0139. The van der Waals surface area contributed by atoms with Gasteiger partial charge in [-0.15, -0.1) is 45.3 Å². The van der Waals surface area contributed by atoms with Gasteiger partial charge in [-0.3, -0.25) is 39.1 Å². The van der Waals surface area contributed by atoms with Gasteiger partial charge in [0, 0.05) is 66.4 Å². The highest BCUT2D eigenvalue weighted by molar-refractivity contribution is 7.12. The number of nitrogens with one attached hydrogen (secondary N) is 5. The zero-order valence-corrected chi connectivity index (χ0v) is 72.0. The number of carbonyl (C=O) groups excluding carboxylic acids is 4. The number of carbonyl (C=O) groups is 4. The van der Waals surface area contributed by atoms with Crippen LogP contribution in [0.15, 0.2) is 170 Å². The first-order valence-corrected chi connectivity index (χ1v) is 41.9. The second-order valence-corrected chi connectivity index (χ2v) is 33.2. The molecule has 3 aliphatic carbocycles. The van der Waals surface area contributed by atoms with Gasteiger partial charge in [0.25, 0.3) is 5.91 Å². The SMILES string of the molecule is CC(N)=NCC(NC(=O)c1ccc(-c2ccc(Cl)cc2)[nH]1)c1nc(C)c(CO)s1.CCc1sc(C(CN=C(N)N)NC(=O)C2=CC=C(c3ccc(C)c(F)c3)C2)nc1C.CCc1sc(C(CN=C(N)N)NC(=O)C2=CC=C(c3ccc(Cl)c(F)c3)C2)nc1C.CCc1sc(C(CN=C(N)N)NC(=O)C2=CC=C(c3ccc(Cl)cc3)C2)nc1C. The smallest absolute Gasteiger partial charge is 0.268 e. The molecule has 0 saturated carbocycles. The standard InChI is InChI=1S/C22H26FN5OS.C21H23ClFN5OS.C21H24ClN5OS.C20H22ClN5O2S/c1-4-19-13(3)27-21(30-19)18(11-26-22(24)25)28-20(29)16-8-7-14(9-16)15-6-5-12(2)17(23)10-15;1-3-18-11(2)27-20(30-18)17(10-26-21(24)25)28-19(29)14-5-4-12(8-14)13-6-7-15(22)16(23)9-13;1-3-18-12(2)26-20(29-18)17(11-25-21(23)24)27-19(28)15-5-4-14(10-15)13-6-8-16(22)9-7-13;1-11-18(10-27)29-20(24-11)17(9-23-12(2)22)26-19(28)16-8-7-15(25-16)13-3-5-14(21)6-4-13/h5-8,10,18H,4,9,11H2,1-3H3,(H,28,29)(H4,24,25,26);4-7,9,17H,3,8,10H2,1-2H3,(H,28,29)(H4,24,25,26);4-9,17H,3,10-11H2,1-2H3,(H,27,28)(H4,23,24,25);3-8,17,25,27H,9-10H2,1-2H3,(H2,22,23)(H,26,28). The third-order valence-electron chi connectivity index (χ3n) is 18.7. The number of amidine groups is 1. The van der Waals surface area contributed by atoms with Crippen molar-refractivity contribution in [3.05, 3.63) is 267 Å². The molecule has 0 fully saturated rings. The molecule has 4 amide bonds. The molecule has 4 unspecified atom stereocenters. The monoisotopic (exact) mass is 1730 g/mol. The van der Waals surface area contributed by atoms with Crippen LogP contribution in [0, 0.1) is 46.3 Å². The molecule has 0 spiro atoms. The Hall–Kier alpha value is -11.0. The Morgan fingerprint density at radius 3 is 1.14 bits per heavy atom. The molecule has 34 heteroatoms. The van der Waals surface area contributed by atoms with E-state index in [4.69, 9.17) is 74.9 Å². The van der Waals surface area contributed by atoms with Crippen LogP contribution in [0.3, 0.4) is 0 Å². The molecule has 5 heterocycles. The summed E-state index contributed by atoms with van der Waals surface area (Å²) in [7, 11) is 0. The molecule has 12 rings (SSSR count). The topological polar surface area (TPSA) is 436 Å². The lowest BCUT2D eigenvalue weighted by Gasteiger charge is -2.15. The third kappa shape index (κ3) is 25.5. The van der Waals surface area contributed by atoms with Crippen LogP contribution in [0.4, 0.5) is 8.78 Å². The molecule has 0 saturated heterocycles. The van der Waals surface area contributed by atoms with Crippen LogP contribution in [0.25, 0.3) is 28.0 Å². The number of nitrogens with two attached hydrogens (primary N) is 7. The van der Waals surface area contributed by atoms with Crippen molar-refractivity contribution in [3.63, 3.8) is 0 Å². The van der Waals surface area contributed by atoms with E-state index >= 15 is 0 Å². The molecule has 118 heavy (non-hydrogen) atoms. The van der Waals surface area contributed by atoms with Crippen LogP contribution >= 0.6 is 80.1 Å². The largest absolute Gasteiger partial charge is 0.391 e. The van der Waals surface area contributed by atoms with Gasteiger partial charge in [0.05, 0.1) is 71.3 Å². The molecular formula is C84H95Cl3F2N20O5S4. The van der Waals surface area contributed by atoms with Crippen molar-refractivity contribution >= 4 is 144 Å². The summed E-state index contributed by atoms with van der Waals surface area (Å²) in [5.41, 5.74) is 52.1. The number of hydrogen-bond donors (Lipinski definition) is 13. The van der Waals surface area contributed by atoms with Crippen LogP contribution in [0.2, 0.25) is 15.1 Å². The minimum Gasteiger partial charge on any atom is -0.391 e. The van der Waals surface area contributed by atoms with E-state index in [0.717, 1.165) is 106 Å². The van der Waals surface area contributed by atoms with Crippen LogP contribution in [-0.4, -0.2) is 104 Å². The van der Waals surface area contributed by atoms with Crippen molar-refractivity contribution in [1.82, 2.24) is 46.2 Å². The molecule has 20 N–H and O–H groups in total. The average Bonchev–Trinajstić information content (AvgIpc) is 1.68. The fourth-order valence-electron chi connectivity index (χ4n) is 12.2. The summed E-state index contributed by atoms with van der Waals surface area (Å²) >= 11 is 23.7. The van der Waals surface area contributed by atoms with Gasteiger partial charge in [0.1, 0.15) is 61.5 Å². The zero-order valence-electron chi connectivity index (χ0n) is 66.5. The maximum atomic E-state index is 13.9. The Morgan fingerprint density at radius 2 is 0.788 bits per heavy atom. The Bertz CT molecular complexity index is 5280. The molecule has 0 radical (unpaired) electrons. The van der Waals surface area contributed by atoms with Gasteiger partial charge in [0.15, 0.2) is 17.9 Å². The lowest BCUT2D eigenvalue weighted by Crippen LogP contribution is -2.33. The second kappa shape index (κ2) is 42.9. The number of benzene rings is 4. The highest BCUT2D eigenvalue weighted by Crippen LogP contribution is 2.36. The molecule has 0 aliphatic heterocycles. The number of H-pyrrole nitrogens is 1. The van der Waals surface area contributed by atoms with Gasteiger partial charge in [-0.1, -0.05) is 134 Å². The highest BCUT2D eigenvalue weighted by Gasteiger charge is 2.29. The number of aromatic nitrogens is 5. The van der Waals surface area contributed by atoms with Crippen molar-refractivity contribution in [2.75, 3.05) is 26.2 Å². The molecule has 0 bridgehead atoms. The first-order chi connectivity index (χ1) is 56.3. The Morgan fingerprint density at radius 1 is 0.449 bits per heavy atom. The summed E-state index contributed by atoms with van der Waals surface area (Å²) < 4.78 is 27.7. The van der Waals surface area contributed by atoms with E-state index in [-0.39, 0.29) is 91.2 Å². The van der Waals surface area contributed by atoms with Gasteiger partial charge in [-0.05, 0) is 160 Å². The van der Waals surface area contributed by atoms with Gasteiger partial charge in [-0.25, -0.2) is 28.7 Å². The molecule has 4 atom stereocenters. The van der Waals surface area contributed by atoms with E-state index in [1.54, 1.807) is 90.3 Å². The van der Waals surface area contributed by atoms with Crippen molar-refractivity contribution in [2.24, 2.45) is 60.1 Å². The highest BCUT2D eigenvalue weighted by atomic mass is 35.5. The molecule has 5 aromatic heterocycles. The predicted octanol–water partition coefficient (Wildman–Crippen LogP) is 13.9. The average molecular weight is 1740 g/mol. The maximum Gasteiger partial charge on any atom is 0.268 e. The van der Waals surface area contributed by atoms with Crippen LogP contribution < -0.4 is 61.4 Å². The zero-order chi connectivity index (χ0) is 85.6. The Labute approximate surface area is 714 Å². The number of thiazole rings is 4. The summed E-state index contributed by atoms with van der Waals surface area (Å²) in [6.45, 7) is 18.1. The minimum atomic E-state index is -0.490. The predicted molar refractivity (Wildman–Crippen MR) is 476 cm³/mol. The van der Waals surface area contributed by atoms with Crippen LogP contribution in [-0.2, 0) is 40.3 Å². The number of rotatable bonds is 28. The van der Waals surface area contributed by atoms with Gasteiger partial charge >= 0.3 is 0 Å². The number of aliphatic imine (C=N–C) groups is 4. The summed E-state index contributed by atoms with van der Waals surface area (Å²) in [5.74, 6) is -1.30. The maximum absolute atomic E-state index is 13.9. The van der Waals surface area contributed by atoms with E-state index in [9.17, 15) is 33.1 Å². The van der Waals surface area contributed by atoms with Crippen LogP contribution in [0.1, 0.15) is 166 Å². The normalized spacial score (nSPS) is 13.8. The summed E-state index contributed by atoms with van der Waals surface area (Å²) in [4.78, 5) is 93.7. The van der Waals surface area contributed by atoms with Gasteiger partial charge < -0.3 is 71.5 Å². The molecular weight excluding hydrogens is 1640 g/mol. The first-order valence-electron chi connectivity index (χ1n) is 37.5. The van der Waals surface area contributed by atoms with E-state index in [1.807, 2.05) is 101 Å². The van der Waals surface area contributed by atoms with E-state index in [2.05, 4.69) is 86.9 Å². The lowest BCUT2D eigenvalue weighted by atomic mass is 10.0. The summed E-state index contributed by atoms with van der Waals surface area (Å²) in [5, 5.41) is 25.8. The van der Waals surface area contributed by atoms with Crippen molar-refractivity contribution in [3.8, 4) is 11.3 Å². The number of aliphatic hydroxyl groups excluding tert-OH is 1. The number of halogens is 5. The van der Waals surface area contributed by atoms with Crippen molar-refractivity contribution in [2.45, 2.75) is 132 Å². The number of aromatic amines is 1. The second-order valence-electron chi connectivity index (χ2n) is 27.4. The molecule has 3 aliphatic rings. The molecule has 620 valence electrons. The number of guanidine groups is 3. The fourth-order valence-corrected chi connectivity index (χ4v) is 16.7. The molecule has 25 nitrogen and oxygen atoms in total. The number of hydrogen-bond acceptors (Lipinski definition) is 17. The van der Waals surface area contributed by atoms with E-state index < -0.39 is 23.9 Å². The Kier molecular flexibility index (Phi) is 33.0. The number of amides is 4. The van der Waals surface area contributed by atoms with Crippen LogP contribution in [0.5, 0.6) is 0 Å². The summed E-state index contributed by atoms with van der Waals surface area (Å²) in [6, 6.07) is 26.5. The number of allylic oxidation sites excluding steroid dienone is 9. The molecule has 4 aromatic carbocycles. The van der Waals surface area contributed by atoms with E-state index in [1.165, 1.54) is 39.3 Å². The number of aryl methyl sites for hydroxylation is 8. The summed E-state index contributed by atoms with van der Waals surface area (Å²) in [6.07, 6.45) is 15.0. The first kappa shape index (κ1) is 90.9. The van der Waals surface area contributed by atoms with Crippen molar-refractivity contribution < 1.29 is 33.1 Å². The van der Waals surface area contributed by atoms with E-state index in [0.29, 0.717) is 73.7 Å².